The molecule has 2 aromatic rings. The fraction of sp³-hybridized carbons (Fsp3) is 0.353. The van der Waals surface area contributed by atoms with Crippen LogP contribution < -0.4 is 10.2 Å². The molecule has 1 fully saturated rings. The molecule has 0 unspecified atom stereocenters. The van der Waals surface area contributed by atoms with Crippen molar-refractivity contribution >= 4 is 17.6 Å². The highest BCUT2D eigenvalue weighted by molar-refractivity contribution is 5.95. The molecule has 1 aliphatic rings. The SMILES string of the molecule is C[C@H](NC(=O)c1ccco1)C(=O)N1CCN(c2ccccn2)CC1. The van der Waals surface area contributed by atoms with Crippen LogP contribution >= 0.6 is 0 Å². The highest BCUT2D eigenvalue weighted by atomic mass is 16.3. The van der Waals surface area contributed by atoms with Gasteiger partial charge in [-0.1, -0.05) is 6.07 Å². The average Bonchev–Trinajstić information content (AvgIpc) is 3.17. The lowest BCUT2D eigenvalue weighted by atomic mass is 10.2. The third-order valence-corrected chi connectivity index (χ3v) is 4.03. The molecule has 3 rings (SSSR count). The van der Waals surface area contributed by atoms with Crippen LogP contribution in [0, 0.1) is 0 Å². The van der Waals surface area contributed by atoms with Gasteiger partial charge in [-0.05, 0) is 31.2 Å². The van der Waals surface area contributed by atoms with Gasteiger partial charge in [-0.3, -0.25) is 9.59 Å². The minimum Gasteiger partial charge on any atom is -0.459 e. The normalized spacial score (nSPS) is 15.9. The Kier molecular flexibility index (Phi) is 4.79. The Balaban J connectivity index is 1.52. The van der Waals surface area contributed by atoms with Crippen molar-refractivity contribution in [2.45, 2.75) is 13.0 Å². The molecule has 7 heteroatoms. The first-order chi connectivity index (χ1) is 11.6. The van der Waals surface area contributed by atoms with Gasteiger partial charge in [0.05, 0.1) is 6.26 Å². The molecule has 2 amide bonds. The van der Waals surface area contributed by atoms with Gasteiger partial charge >= 0.3 is 0 Å². The van der Waals surface area contributed by atoms with Crippen LogP contribution in [0.5, 0.6) is 0 Å². The minimum absolute atomic E-state index is 0.0874. The molecule has 126 valence electrons. The zero-order valence-electron chi connectivity index (χ0n) is 13.5. The van der Waals surface area contributed by atoms with E-state index in [9.17, 15) is 9.59 Å². The van der Waals surface area contributed by atoms with E-state index in [4.69, 9.17) is 4.42 Å². The molecular weight excluding hydrogens is 308 g/mol. The predicted molar refractivity (Wildman–Crippen MR) is 88.7 cm³/mol. The van der Waals surface area contributed by atoms with Gasteiger partial charge in [-0.2, -0.15) is 0 Å². The maximum atomic E-state index is 12.5. The van der Waals surface area contributed by atoms with Crippen LogP contribution in [-0.2, 0) is 4.79 Å². The second-order valence-corrected chi connectivity index (χ2v) is 5.67. The number of carbonyl (C=O) groups is 2. The van der Waals surface area contributed by atoms with Crippen LogP contribution in [0.25, 0.3) is 0 Å². The topological polar surface area (TPSA) is 78.7 Å². The smallest absolute Gasteiger partial charge is 0.287 e. The molecule has 1 aliphatic heterocycles. The minimum atomic E-state index is -0.594. The Morgan fingerprint density at radius 2 is 1.96 bits per heavy atom. The van der Waals surface area contributed by atoms with Crippen molar-refractivity contribution < 1.29 is 14.0 Å². The molecule has 1 saturated heterocycles. The quantitative estimate of drug-likeness (QED) is 0.910. The Hall–Kier alpha value is -2.83. The van der Waals surface area contributed by atoms with Gasteiger partial charge in [-0.25, -0.2) is 4.98 Å². The van der Waals surface area contributed by atoms with E-state index in [-0.39, 0.29) is 17.6 Å². The van der Waals surface area contributed by atoms with Crippen LogP contribution in [0.3, 0.4) is 0 Å². The Labute approximate surface area is 140 Å². The number of nitrogens with one attached hydrogen (secondary N) is 1. The number of nitrogens with zero attached hydrogens (tertiary/aromatic N) is 3. The third-order valence-electron chi connectivity index (χ3n) is 4.03. The number of amides is 2. The fourth-order valence-electron chi connectivity index (χ4n) is 2.71. The van der Waals surface area contributed by atoms with Crippen LogP contribution in [0.1, 0.15) is 17.5 Å². The maximum Gasteiger partial charge on any atom is 0.287 e. The lowest BCUT2D eigenvalue weighted by Gasteiger charge is -2.36. The molecule has 0 aromatic carbocycles. The Bertz CT molecular complexity index is 679. The average molecular weight is 328 g/mol. The number of hydrogen-bond acceptors (Lipinski definition) is 5. The summed E-state index contributed by atoms with van der Waals surface area (Å²) in [4.78, 5) is 32.7. The van der Waals surface area contributed by atoms with E-state index >= 15 is 0 Å². The van der Waals surface area contributed by atoms with Gasteiger partial charge in [0, 0.05) is 32.4 Å². The van der Waals surface area contributed by atoms with Crippen LogP contribution in [0.4, 0.5) is 5.82 Å². The maximum absolute atomic E-state index is 12.5. The molecule has 3 heterocycles. The van der Waals surface area contributed by atoms with E-state index in [1.807, 2.05) is 18.2 Å². The van der Waals surface area contributed by atoms with Crippen LogP contribution in [-0.4, -0.2) is 53.9 Å². The monoisotopic (exact) mass is 328 g/mol. The molecule has 7 nitrogen and oxygen atoms in total. The zero-order valence-corrected chi connectivity index (χ0v) is 13.5. The highest BCUT2D eigenvalue weighted by Crippen LogP contribution is 2.13. The first-order valence-corrected chi connectivity index (χ1v) is 7.94. The summed E-state index contributed by atoms with van der Waals surface area (Å²) in [7, 11) is 0. The van der Waals surface area contributed by atoms with E-state index < -0.39 is 6.04 Å². The van der Waals surface area contributed by atoms with E-state index in [0.29, 0.717) is 13.1 Å². The van der Waals surface area contributed by atoms with Gasteiger partial charge in [0.25, 0.3) is 5.91 Å². The number of pyridine rings is 1. The van der Waals surface area contributed by atoms with Crippen molar-refractivity contribution in [3.63, 3.8) is 0 Å². The summed E-state index contributed by atoms with van der Waals surface area (Å²) in [5, 5.41) is 2.67. The second kappa shape index (κ2) is 7.16. The number of anilines is 1. The lowest BCUT2D eigenvalue weighted by Crippen LogP contribution is -2.54. The van der Waals surface area contributed by atoms with Crippen molar-refractivity contribution in [3.8, 4) is 0 Å². The summed E-state index contributed by atoms with van der Waals surface area (Å²) in [6.07, 6.45) is 3.19. The van der Waals surface area contributed by atoms with Crippen molar-refractivity contribution in [3.05, 3.63) is 48.6 Å². The standard InChI is InChI=1S/C17H20N4O3/c1-13(19-16(22)14-5-4-12-24-14)17(23)21-10-8-20(9-11-21)15-6-2-3-7-18-15/h2-7,12-13H,8-11H2,1H3,(H,19,22)/t13-/m0/s1. The van der Waals surface area contributed by atoms with Gasteiger partial charge in [-0.15, -0.1) is 0 Å². The van der Waals surface area contributed by atoms with E-state index in [1.54, 1.807) is 30.2 Å². The molecule has 0 saturated carbocycles. The fourth-order valence-corrected chi connectivity index (χ4v) is 2.71. The van der Waals surface area contributed by atoms with Gasteiger partial charge in [0.2, 0.25) is 5.91 Å². The van der Waals surface area contributed by atoms with E-state index in [0.717, 1.165) is 18.9 Å². The van der Waals surface area contributed by atoms with E-state index in [2.05, 4.69) is 15.2 Å². The summed E-state index contributed by atoms with van der Waals surface area (Å²) in [6.45, 7) is 4.35. The Morgan fingerprint density at radius 3 is 2.58 bits per heavy atom. The second-order valence-electron chi connectivity index (χ2n) is 5.67. The number of furan rings is 1. The number of aromatic nitrogens is 1. The summed E-state index contributed by atoms with van der Waals surface area (Å²) in [5.74, 6) is 0.655. The molecule has 1 N–H and O–H groups in total. The van der Waals surface area contributed by atoms with Crippen molar-refractivity contribution in [1.29, 1.82) is 0 Å². The van der Waals surface area contributed by atoms with E-state index in [1.165, 1.54) is 6.26 Å². The number of hydrogen-bond donors (Lipinski definition) is 1. The van der Waals surface area contributed by atoms with Crippen molar-refractivity contribution in [2.75, 3.05) is 31.1 Å². The summed E-state index contributed by atoms with van der Waals surface area (Å²) >= 11 is 0. The predicted octanol–water partition coefficient (Wildman–Crippen LogP) is 1.14. The van der Waals surface area contributed by atoms with Crippen LogP contribution in [0.2, 0.25) is 0 Å². The summed E-state index contributed by atoms with van der Waals surface area (Å²) in [5.41, 5.74) is 0. The molecule has 0 spiro atoms. The largest absolute Gasteiger partial charge is 0.459 e. The van der Waals surface area contributed by atoms with Gasteiger partial charge in [0.1, 0.15) is 11.9 Å². The molecular formula is C17H20N4O3. The third kappa shape index (κ3) is 3.56. The number of rotatable bonds is 4. The first-order valence-electron chi connectivity index (χ1n) is 7.94. The molecule has 24 heavy (non-hydrogen) atoms. The lowest BCUT2D eigenvalue weighted by molar-refractivity contribution is -0.133. The Morgan fingerprint density at radius 1 is 1.17 bits per heavy atom. The molecule has 0 aliphatic carbocycles. The summed E-state index contributed by atoms with van der Waals surface area (Å²) in [6, 6.07) is 8.41. The zero-order chi connectivity index (χ0) is 16.9. The van der Waals surface area contributed by atoms with Crippen molar-refractivity contribution in [1.82, 2.24) is 15.2 Å². The highest BCUT2D eigenvalue weighted by Gasteiger charge is 2.26. The van der Waals surface area contributed by atoms with Crippen LogP contribution in [0.15, 0.2) is 47.2 Å². The molecule has 2 aromatic heterocycles. The molecule has 0 bridgehead atoms. The van der Waals surface area contributed by atoms with Gasteiger partial charge in [0.15, 0.2) is 5.76 Å². The summed E-state index contributed by atoms with van der Waals surface area (Å²) < 4.78 is 5.03. The van der Waals surface area contributed by atoms with Gasteiger partial charge < -0.3 is 19.5 Å². The van der Waals surface area contributed by atoms with Crippen molar-refractivity contribution in [2.24, 2.45) is 0 Å². The number of carbonyl (C=O) groups excluding carboxylic acids is 2. The first kappa shape index (κ1) is 16.0. The molecule has 0 radical (unpaired) electrons. The molecule has 1 atom stereocenters. The number of piperazine rings is 1.